The average Bonchev–Trinajstić information content (AvgIpc) is 2.85. The molecule has 0 radical (unpaired) electrons. The van der Waals surface area contributed by atoms with Crippen LogP contribution in [0.3, 0.4) is 0 Å². The molecule has 3 aromatic heterocycles. The minimum absolute atomic E-state index is 0.121. The van der Waals surface area contributed by atoms with E-state index in [1.54, 1.807) is 43.3 Å². The highest BCUT2D eigenvalue weighted by atomic mass is 32.2. The van der Waals surface area contributed by atoms with Gasteiger partial charge >= 0.3 is 0 Å². The van der Waals surface area contributed by atoms with Gasteiger partial charge in [-0.05, 0) is 30.0 Å². The number of nitrogens with zero attached hydrogens (tertiary/aromatic N) is 4. The second-order valence-electron chi connectivity index (χ2n) is 7.47. The van der Waals surface area contributed by atoms with E-state index in [0.29, 0.717) is 17.9 Å². The molecule has 8 nitrogen and oxygen atoms in total. The normalized spacial score (nSPS) is 11.8. The fourth-order valence-electron chi connectivity index (χ4n) is 3.77. The van der Waals surface area contributed by atoms with Crippen LogP contribution < -0.4 is 16.4 Å². The number of hydrogen-bond donors (Lipinski definition) is 3. The van der Waals surface area contributed by atoms with E-state index in [-0.39, 0.29) is 11.8 Å². The van der Waals surface area contributed by atoms with Crippen LogP contribution in [-0.2, 0) is 0 Å². The number of pyridine rings is 2. The van der Waals surface area contributed by atoms with E-state index in [1.807, 2.05) is 24.3 Å². The van der Waals surface area contributed by atoms with Gasteiger partial charge in [-0.1, -0.05) is 18.2 Å². The van der Waals surface area contributed by atoms with Crippen molar-refractivity contribution in [3.05, 3.63) is 72.3 Å². The summed E-state index contributed by atoms with van der Waals surface area (Å²) in [5.41, 5.74) is 10.0. The van der Waals surface area contributed by atoms with Gasteiger partial charge in [-0.15, -0.1) is 0 Å². The van der Waals surface area contributed by atoms with Crippen LogP contribution in [0.2, 0.25) is 0 Å². The van der Waals surface area contributed by atoms with Crippen LogP contribution >= 0.6 is 11.8 Å². The van der Waals surface area contributed by atoms with Gasteiger partial charge in [0, 0.05) is 54.7 Å². The third kappa shape index (κ3) is 5.04. The lowest BCUT2D eigenvalue weighted by Gasteiger charge is -2.19. The molecule has 0 saturated heterocycles. The largest absolute Gasteiger partial charge is 0.384 e. The number of nitrogens with two attached hydrogens (primary N) is 1. The van der Waals surface area contributed by atoms with Crippen LogP contribution in [-0.4, -0.2) is 51.4 Å². The zero-order valence-electron chi connectivity index (χ0n) is 18.4. The number of rotatable bonds is 8. The van der Waals surface area contributed by atoms with Crippen LogP contribution in [0.1, 0.15) is 21.8 Å². The quantitative estimate of drug-likeness (QED) is 0.366. The highest BCUT2D eigenvalue weighted by molar-refractivity contribution is 7.98. The molecule has 1 amide bonds. The average molecular weight is 460 g/mol. The lowest BCUT2D eigenvalue weighted by atomic mass is 9.95. The zero-order valence-corrected chi connectivity index (χ0v) is 19.3. The second kappa shape index (κ2) is 10.3. The van der Waals surface area contributed by atoms with Crippen molar-refractivity contribution < 1.29 is 4.79 Å². The van der Waals surface area contributed by atoms with Crippen molar-refractivity contribution in [2.24, 2.45) is 0 Å². The van der Waals surface area contributed by atoms with E-state index in [2.05, 4.69) is 42.9 Å². The SMILES string of the molecule is CNC(=O)c1ccnc2c(C(CNc3cc(-c4ccnc(N)c4)ncn3)CSC)cccc12. The molecular weight excluding hydrogens is 434 g/mol. The van der Waals surface area contributed by atoms with Gasteiger partial charge in [-0.3, -0.25) is 9.78 Å². The van der Waals surface area contributed by atoms with Crippen molar-refractivity contribution in [2.45, 2.75) is 5.92 Å². The molecule has 0 saturated carbocycles. The standard InChI is InChI=1S/C24H25N7OS/c1-26-24(32)19-7-9-28-23-17(4-3-5-18(19)23)16(13-33-2)12-29-22-11-20(30-14-31-22)15-6-8-27-21(25)10-15/h3-11,14,16H,12-13H2,1-2H3,(H2,25,27)(H,26,32)(H,29,30,31). The van der Waals surface area contributed by atoms with Crippen LogP contribution in [0.5, 0.6) is 0 Å². The number of fused-ring (bicyclic) bond motifs is 1. The first-order valence-corrected chi connectivity index (χ1v) is 11.9. The molecule has 33 heavy (non-hydrogen) atoms. The summed E-state index contributed by atoms with van der Waals surface area (Å²) in [5, 5.41) is 7.00. The minimum atomic E-state index is -0.121. The number of amides is 1. The molecule has 0 aliphatic rings. The Morgan fingerprint density at radius 2 is 1.94 bits per heavy atom. The number of aromatic nitrogens is 4. The second-order valence-corrected chi connectivity index (χ2v) is 8.38. The predicted octanol–water partition coefficient (Wildman–Crippen LogP) is 3.59. The van der Waals surface area contributed by atoms with Crippen molar-refractivity contribution in [1.82, 2.24) is 25.3 Å². The van der Waals surface area contributed by atoms with Crippen LogP contribution in [0.25, 0.3) is 22.2 Å². The van der Waals surface area contributed by atoms with Crippen molar-refractivity contribution in [3.8, 4) is 11.3 Å². The van der Waals surface area contributed by atoms with Gasteiger partial charge in [0.15, 0.2) is 0 Å². The van der Waals surface area contributed by atoms with Gasteiger partial charge in [0.2, 0.25) is 0 Å². The highest BCUT2D eigenvalue weighted by Gasteiger charge is 2.18. The van der Waals surface area contributed by atoms with Crippen LogP contribution in [0.15, 0.2) is 61.2 Å². The Morgan fingerprint density at radius 3 is 2.73 bits per heavy atom. The molecule has 0 aliphatic heterocycles. The van der Waals surface area contributed by atoms with Crippen LogP contribution in [0.4, 0.5) is 11.6 Å². The summed E-state index contributed by atoms with van der Waals surface area (Å²) < 4.78 is 0. The number of benzene rings is 1. The summed E-state index contributed by atoms with van der Waals surface area (Å²) in [5.74, 6) is 2.09. The topological polar surface area (TPSA) is 119 Å². The van der Waals surface area contributed by atoms with Gasteiger partial charge in [-0.2, -0.15) is 11.8 Å². The Labute approximate surface area is 196 Å². The monoisotopic (exact) mass is 459 g/mol. The maximum Gasteiger partial charge on any atom is 0.251 e. The first-order valence-electron chi connectivity index (χ1n) is 10.5. The third-order valence-corrected chi connectivity index (χ3v) is 6.09. The summed E-state index contributed by atoms with van der Waals surface area (Å²) in [4.78, 5) is 29.7. The summed E-state index contributed by atoms with van der Waals surface area (Å²) in [6.45, 7) is 0.654. The highest BCUT2D eigenvalue weighted by Crippen LogP contribution is 2.29. The van der Waals surface area contributed by atoms with Crippen molar-refractivity contribution in [1.29, 1.82) is 0 Å². The fraction of sp³-hybridized carbons (Fsp3) is 0.208. The first-order chi connectivity index (χ1) is 16.1. The first kappa shape index (κ1) is 22.5. The molecule has 4 aromatic rings. The summed E-state index contributed by atoms with van der Waals surface area (Å²) in [7, 11) is 1.63. The summed E-state index contributed by atoms with van der Waals surface area (Å²) >= 11 is 1.76. The van der Waals surface area contributed by atoms with Crippen molar-refractivity contribution in [2.75, 3.05) is 36.7 Å². The lowest BCUT2D eigenvalue weighted by molar-refractivity contribution is 0.0964. The summed E-state index contributed by atoms with van der Waals surface area (Å²) in [6, 6.07) is 13.3. The number of nitrogen functional groups attached to an aromatic ring is 1. The Bertz CT molecular complexity index is 1280. The predicted molar refractivity (Wildman–Crippen MR) is 134 cm³/mol. The molecule has 0 bridgehead atoms. The molecule has 1 atom stereocenters. The van der Waals surface area contributed by atoms with E-state index >= 15 is 0 Å². The maximum atomic E-state index is 12.3. The van der Waals surface area contributed by atoms with E-state index in [1.165, 1.54) is 6.33 Å². The van der Waals surface area contributed by atoms with E-state index in [0.717, 1.165) is 39.3 Å². The molecule has 1 unspecified atom stereocenters. The Morgan fingerprint density at radius 1 is 1.09 bits per heavy atom. The zero-order chi connectivity index (χ0) is 23.2. The number of thioether (sulfide) groups is 1. The van der Waals surface area contributed by atoms with E-state index < -0.39 is 0 Å². The van der Waals surface area contributed by atoms with Gasteiger partial charge in [-0.25, -0.2) is 15.0 Å². The molecule has 1 aromatic carbocycles. The number of anilines is 2. The molecule has 3 heterocycles. The Kier molecular flexibility index (Phi) is 6.99. The fourth-order valence-corrected chi connectivity index (χ4v) is 4.47. The number of nitrogens with one attached hydrogen (secondary N) is 2. The molecule has 0 aliphatic carbocycles. The van der Waals surface area contributed by atoms with Gasteiger partial charge < -0.3 is 16.4 Å². The van der Waals surface area contributed by atoms with Gasteiger partial charge in [0.1, 0.15) is 18.0 Å². The van der Waals surface area contributed by atoms with Crippen molar-refractivity contribution >= 4 is 40.2 Å². The molecule has 0 spiro atoms. The molecule has 0 fully saturated rings. The molecule has 4 rings (SSSR count). The van der Waals surface area contributed by atoms with Gasteiger partial charge in [0.25, 0.3) is 5.91 Å². The number of para-hydroxylation sites is 1. The molecular formula is C24H25N7OS. The maximum absolute atomic E-state index is 12.3. The van der Waals surface area contributed by atoms with Crippen molar-refractivity contribution in [3.63, 3.8) is 0 Å². The van der Waals surface area contributed by atoms with Crippen LogP contribution in [0, 0.1) is 0 Å². The number of carbonyl (C=O) groups is 1. The molecule has 4 N–H and O–H groups in total. The minimum Gasteiger partial charge on any atom is -0.384 e. The Balaban J connectivity index is 1.61. The third-order valence-electron chi connectivity index (χ3n) is 5.36. The van der Waals surface area contributed by atoms with Gasteiger partial charge in [0.05, 0.1) is 16.8 Å². The van der Waals surface area contributed by atoms with E-state index in [9.17, 15) is 4.79 Å². The van der Waals surface area contributed by atoms with E-state index in [4.69, 9.17) is 5.73 Å². The molecule has 9 heteroatoms. The number of hydrogen-bond acceptors (Lipinski definition) is 8. The Hall–Kier alpha value is -3.72. The smallest absolute Gasteiger partial charge is 0.251 e. The summed E-state index contributed by atoms with van der Waals surface area (Å²) in [6.07, 6.45) is 6.97. The lowest BCUT2D eigenvalue weighted by Crippen LogP contribution is -2.19. The number of carbonyl (C=O) groups excluding carboxylic acids is 1. The molecule has 168 valence electrons.